The fourth-order valence-corrected chi connectivity index (χ4v) is 4.32. The molecule has 1 aliphatic carbocycles. The molecular weight excluding hydrogens is 339 g/mol. The van der Waals surface area contributed by atoms with Crippen molar-refractivity contribution >= 4 is 11.3 Å². The molecule has 2 aliphatic rings. The van der Waals surface area contributed by atoms with Crippen LogP contribution in [0.1, 0.15) is 30.4 Å². The van der Waals surface area contributed by atoms with Crippen molar-refractivity contribution in [3.63, 3.8) is 0 Å². The molecule has 0 bridgehead atoms. The number of rotatable bonds is 4. The smallest absolute Gasteiger partial charge is 0.146 e. The summed E-state index contributed by atoms with van der Waals surface area (Å²) < 4.78 is 14.0. The van der Waals surface area contributed by atoms with E-state index in [1.807, 2.05) is 24.3 Å². The summed E-state index contributed by atoms with van der Waals surface area (Å²) in [5, 5.41) is 9.34. The number of nitrogens with zero attached hydrogens (tertiary/aromatic N) is 2. The Morgan fingerprint density at radius 3 is 2.52 bits per heavy atom. The Balaban J connectivity index is 1.35. The van der Waals surface area contributed by atoms with Crippen molar-refractivity contribution in [1.82, 2.24) is 4.90 Å². The maximum Gasteiger partial charge on any atom is 0.146 e. The van der Waals surface area contributed by atoms with Crippen LogP contribution in [0.15, 0.2) is 54.6 Å². The van der Waals surface area contributed by atoms with Crippen LogP contribution in [0.2, 0.25) is 0 Å². The highest BCUT2D eigenvalue weighted by Crippen LogP contribution is 2.31. The standard InChI is InChI=1S/C23H27FN2O/c24-22-6-1-2-7-23(22)26-14-12-25(13-15-26)21-10-8-19(9-11-21)20-5-3-4-18(16-20)17-27/h1-8,16,21,27H,9-15,17H2. The van der Waals surface area contributed by atoms with Gasteiger partial charge in [0.2, 0.25) is 0 Å². The van der Waals surface area contributed by atoms with Crippen LogP contribution < -0.4 is 4.90 Å². The Kier molecular flexibility index (Phi) is 5.55. The molecule has 2 aromatic rings. The SMILES string of the molecule is OCc1cccc(C2=CCC(N3CCN(c4ccccc4F)CC3)CC2)c1. The average molecular weight is 366 g/mol. The number of allylic oxidation sites excluding steroid dienone is 1. The van der Waals surface area contributed by atoms with E-state index in [4.69, 9.17) is 0 Å². The Bertz CT molecular complexity index is 812. The van der Waals surface area contributed by atoms with Gasteiger partial charge < -0.3 is 10.0 Å². The molecule has 0 spiro atoms. The maximum absolute atomic E-state index is 14.0. The van der Waals surface area contributed by atoms with E-state index in [1.54, 1.807) is 12.1 Å². The number of hydrogen-bond acceptors (Lipinski definition) is 3. The molecule has 1 saturated heterocycles. The van der Waals surface area contributed by atoms with Crippen molar-refractivity contribution in [2.24, 2.45) is 0 Å². The first-order valence-corrected chi connectivity index (χ1v) is 9.87. The maximum atomic E-state index is 14.0. The molecule has 1 atom stereocenters. The number of anilines is 1. The first-order chi connectivity index (χ1) is 13.2. The zero-order valence-electron chi connectivity index (χ0n) is 15.6. The van der Waals surface area contributed by atoms with Crippen LogP contribution in [0.5, 0.6) is 0 Å². The second-order valence-corrected chi connectivity index (χ2v) is 7.49. The van der Waals surface area contributed by atoms with Gasteiger partial charge in [-0.15, -0.1) is 0 Å². The van der Waals surface area contributed by atoms with Crippen LogP contribution in [0.3, 0.4) is 0 Å². The molecule has 4 heteroatoms. The molecule has 1 unspecified atom stereocenters. The normalized spacial score (nSPS) is 21.2. The van der Waals surface area contributed by atoms with E-state index in [0.717, 1.165) is 56.7 Å². The van der Waals surface area contributed by atoms with Crippen molar-refractivity contribution in [3.8, 4) is 0 Å². The summed E-state index contributed by atoms with van der Waals surface area (Å²) in [4.78, 5) is 4.73. The lowest BCUT2D eigenvalue weighted by Crippen LogP contribution is -2.50. The number of benzene rings is 2. The van der Waals surface area contributed by atoms with Crippen molar-refractivity contribution < 1.29 is 9.50 Å². The van der Waals surface area contributed by atoms with E-state index < -0.39 is 0 Å². The predicted molar refractivity (Wildman–Crippen MR) is 108 cm³/mol. The number of aliphatic hydroxyl groups excluding tert-OH is 1. The summed E-state index contributed by atoms with van der Waals surface area (Å²) in [6.07, 6.45) is 5.67. The second kappa shape index (κ2) is 8.24. The van der Waals surface area contributed by atoms with E-state index in [-0.39, 0.29) is 12.4 Å². The van der Waals surface area contributed by atoms with Crippen LogP contribution >= 0.6 is 0 Å². The first-order valence-electron chi connectivity index (χ1n) is 9.87. The molecule has 2 aromatic carbocycles. The number of aliphatic hydroxyl groups is 1. The molecule has 1 fully saturated rings. The Labute approximate surface area is 160 Å². The lowest BCUT2D eigenvalue weighted by Gasteiger charge is -2.41. The molecule has 142 valence electrons. The van der Waals surface area contributed by atoms with Gasteiger partial charge in [-0.05, 0) is 54.2 Å². The molecule has 27 heavy (non-hydrogen) atoms. The van der Waals surface area contributed by atoms with Gasteiger partial charge in [0.1, 0.15) is 5.82 Å². The fourth-order valence-electron chi connectivity index (χ4n) is 4.32. The highest BCUT2D eigenvalue weighted by atomic mass is 19.1. The molecule has 4 rings (SSSR count). The topological polar surface area (TPSA) is 26.7 Å². The van der Waals surface area contributed by atoms with E-state index in [9.17, 15) is 9.50 Å². The largest absolute Gasteiger partial charge is 0.392 e. The summed E-state index contributed by atoms with van der Waals surface area (Å²) >= 11 is 0. The second-order valence-electron chi connectivity index (χ2n) is 7.49. The van der Waals surface area contributed by atoms with Gasteiger partial charge in [0.25, 0.3) is 0 Å². The van der Waals surface area contributed by atoms with Gasteiger partial charge in [-0.3, -0.25) is 4.90 Å². The van der Waals surface area contributed by atoms with Crippen molar-refractivity contribution in [3.05, 3.63) is 71.6 Å². The summed E-state index contributed by atoms with van der Waals surface area (Å²) in [5.41, 5.74) is 4.34. The number of halogens is 1. The number of para-hydroxylation sites is 1. The Morgan fingerprint density at radius 1 is 1.00 bits per heavy atom. The minimum absolute atomic E-state index is 0.0933. The zero-order chi connectivity index (χ0) is 18.6. The van der Waals surface area contributed by atoms with Gasteiger partial charge >= 0.3 is 0 Å². The van der Waals surface area contributed by atoms with Gasteiger partial charge in [0.15, 0.2) is 0 Å². The van der Waals surface area contributed by atoms with Crippen molar-refractivity contribution in [2.45, 2.75) is 31.9 Å². The fraction of sp³-hybridized carbons (Fsp3) is 0.391. The third-order valence-electron chi connectivity index (χ3n) is 5.89. The van der Waals surface area contributed by atoms with Crippen LogP contribution in [0, 0.1) is 5.82 Å². The van der Waals surface area contributed by atoms with Crippen LogP contribution in [-0.4, -0.2) is 42.2 Å². The summed E-state index contributed by atoms with van der Waals surface area (Å²) in [6.45, 7) is 3.83. The Hall–Kier alpha value is -2.17. The lowest BCUT2D eigenvalue weighted by atomic mass is 9.89. The molecule has 0 aromatic heterocycles. The van der Waals surface area contributed by atoms with Crippen molar-refractivity contribution in [2.75, 3.05) is 31.1 Å². The minimum atomic E-state index is -0.124. The molecule has 0 radical (unpaired) electrons. The van der Waals surface area contributed by atoms with Crippen LogP contribution in [-0.2, 0) is 6.61 Å². The molecule has 1 N–H and O–H groups in total. The molecule has 1 aliphatic heterocycles. The Morgan fingerprint density at radius 2 is 1.81 bits per heavy atom. The van der Waals surface area contributed by atoms with Crippen LogP contribution in [0.4, 0.5) is 10.1 Å². The predicted octanol–water partition coefficient (Wildman–Crippen LogP) is 4.08. The molecule has 0 amide bonds. The summed E-state index contributed by atoms with van der Waals surface area (Å²) in [5.74, 6) is -0.124. The zero-order valence-corrected chi connectivity index (χ0v) is 15.6. The minimum Gasteiger partial charge on any atom is -0.392 e. The van der Waals surface area contributed by atoms with Gasteiger partial charge in [-0.2, -0.15) is 0 Å². The lowest BCUT2D eigenvalue weighted by molar-refractivity contribution is 0.175. The van der Waals surface area contributed by atoms with Gasteiger partial charge in [0, 0.05) is 32.2 Å². The molecule has 3 nitrogen and oxygen atoms in total. The third-order valence-corrected chi connectivity index (χ3v) is 5.89. The number of piperazine rings is 1. The quantitative estimate of drug-likeness (QED) is 0.883. The van der Waals surface area contributed by atoms with Gasteiger partial charge in [0.05, 0.1) is 12.3 Å². The molecule has 0 saturated carbocycles. The average Bonchev–Trinajstić information content (AvgIpc) is 2.74. The van der Waals surface area contributed by atoms with Crippen molar-refractivity contribution in [1.29, 1.82) is 0 Å². The van der Waals surface area contributed by atoms with Gasteiger partial charge in [-0.1, -0.05) is 36.4 Å². The van der Waals surface area contributed by atoms with Gasteiger partial charge in [-0.25, -0.2) is 4.39 Å². The monoisotopic (exact) mass is 366 g/mol. The third kappa shape index (κ3) is 4.07. The molecular formula is C23H27FN2O. The highest BCUT2D eigenvalue weighted by molar-refractivity contribution is 5.67. The molecule has 1 heterocycles. The van der Waals surface area contributed by atoms with E-state index in [0.29, 0.717) is 6.04 Å². The number of hydrogen-bond donors (Lipinski definition) is 1. The highest BCUT2D eigenvalue weighted by Gasteiger charge is 2.26. The van der Waals surface area contributed by atoms with E-state index in [2.05, 4.69) is 28.0 Å². The summed E-state index contributed by atoms with van der Waals surface area (Å²) in [6, 6.07) is 15.9. The summed E-state index contributed by atoms with van der Waals surface area (Å²) in [7, 11) is 0. The first kappa shape index (κ1) is 18.2. The van der Waals surface area contributed by atoms with E-state index in [1.165, 1.54) is 11.1 Å². The van der Waals surface area contributed by atoms with E-state index >= 15 is 0 Å². The van der Waals surface area contributed by atoms with Crippen LogP contribution in [0.25, 0.3) is 5.57 Å².